The van der Waals surface area contributed by atoms with Crippen molar-refractivity contribution in [1.29, 1.82) is 0 Å². The Morgan fingerprint density at radius 1 is 1.38 bits per heavy atom. The number of imidazole rings is 2. The van der Waals surface area contributed by atoms with E-state index in [4.69, 9.17) is 5.73 Å². The van der Waals surface area contributed by atoms with Crippen LogP contribution < -0.4 is 5.73 Å². The molecule has 1 atom stereocenters. The Bertz CT molecular complexity index is 735. The van der Waals surface area contributed by atoms with Crippen molar-refractivity contribution in [3.63, 3.8) is 0 Å². The average Bonchev–Trinajstić information content (AvgIpc) is 3.10. The number of nitrogens with zero attached hydrogens (tertiary/aromatic N) is 6. The quantitative estimate of drug-likeness (QED) is 0.775. The number of nitrogen functional groups attached to an aromatic ring is 1. The topological polar surface area (TPSA) is 79.5 Å². The molecule has 0 fully saturated rings. The van der Waals surface area contributed by atoms with Crippen LogP contribution in [0.4, 0.5) is 5.95 Å². The molecule has 0 aliphatic rings. The number of nitrogens with two attached hydrogens (primary N) is 1. The molecule has 2 N–H and O–H groups in total. The van der Waals surface area contributed by atoms with Gasteiger partial charge >= 0.3 is 0 Å². The molecule has 3 heterocycles. The minimum Gasteiger partial charge on any atom is -0.369 e. The van der Waals surface area contributed by atoms with Gasteiger partial charge in [0.2, 0.25) is 5.95 Å². The summed E-state index contributed by atoms with van der Waals surface area (Å²) in [6.07, 6.45) is 7.51. The van der Waals surface area contributed by atoms with E-state index in [1.165, 1.54) is 0 Å². The van der Waals surface area contributed by atoms with Crippen molar-refractivity contribution in [2.75, 3.05) is 5.73 Å². The first-order valence-electron chi connectivity index (χ1n) is 7.26. The molecule has 0 spiro atoms. The van der Waals surface area contributed by atoms with Crippen LogP contribution in [0.1, 0.15) is 32.0 Å². The fourth-order valence-corrected chi connectivity index (χ4v) is 2.84. The summed E-state index contributed by atoms with van der Waals surface area (Å²) in [5, 5.41) is 4.58. The summed E-state index contributed by atoms with van der Waals surface area (Å²) in [6.45, 7) is 5.07. The lowest BCUT2D eigenvalue weighted by atomic mass is 10.2. The van der Waals surface area contributed by atoms with Crippen LogP contribution in [0, 0.1) is 0 Å². The van der Waals surface area contributed by atoms with Gasteiger partial charge in [-0.15, -0.1) is 0 Å². The lowest BCUT2D eigenvalue weighted by Crippen LogP contribution is -2.16. The first-order chi connectivity index (χ1) is 10.1. The van der Waals surface area contributed by atoms with E-state index in [1.807, 2.05) is 28.8 Å². The second-order valence-corrected chi connectivity index (χ2v) is 5.44. The minimum absolute atomic E-state index is 0.175. The molecular weight excluding hydrogens is 266 g/mol. The summed E-state index contributed by atoms with van der Waals surface area (Å²) in [5.41, 5.74) is 9.09. The van der Waals surface area contributed by atoms with E-state index in [0.29, 0.717) is 5.95 Å². The smallest absolute Gasteiger partial charge is 0.202 e. The number of aromatic nitrogens is 6. The van der Waals surface area contributed by atoms with Gasteiger partial charge in [0.1, 0.15) is 5.52 Å². The molecule has 3 aromatic heterocycles. The molecule has 0 bridgehead atoms. The molecule has 7 nitrogen and oxygen atoms in total. The molecule has 0 aliphatic carbocycles. The molecule has 0 amide bonds. The van der Waals surface area contributed by atoms with Crippen LogP contribution in [0.5, 0.6) is 0 Å². The highest BCUT2D eigenvalue weighted by Gasteiger charge is 2.20. The highest BCUT2D eigenvalue weighted by atomic mass is 15.4. The molecule has 7 heteroatoms. The van der Waals surface area contributed by atoms with Crippen LogP contribution in [0.2, 0.25) is 0 Å². The molecule has 1 unspecified atom stereocenters. The highest BCUT2D eigenvalue weighted by Crippen LogP contribution is 2.26. The third-order valence-corrected chi connectivity index (χ3v) is 3.73. The fraction of sp³-hybridized carbons (Fsp3) is 0.500. The number of anilines is 1. The first kappa shape index (κ1) is 13.7. The molecule has 0 aromatic carbocycles. The van der Waals surface area contributed by atoms with Gasteiger partial charge in [0, 0.05) is 26.0 Å². The number of hydrogen-bond donors (Lipinski definition) is 1. The Labute approximate surface area is 123 Å². The summed E-state index contributed by atoms with van der Waals surface area (Å²) in [5.74, 6) is 0.544. The highest BCUT2D eigenvalue weighted by molar-refractivity contribution is 5.78. The summed E-state index contributed by atoms with van der Waals surface area (Å²) in [4.78, 5) is 8.61. The van der Waals surface area contributed by atoms with Crippen molar-refractivity contribution in [1.82, 2.24) is 28.9 Å². The van der Waals surface area contributed by atoms with Crippen molar-refractivity contribution in [2.24, 2.45) is 7.05 Å². The predicted octanol–water partition coefficient (Wildman–Crippen LogP) is 1.76. The standard InChI is InChI=1S/C14H21N7/c1-4-5-11-12-13(19(3)18-11)21(14(15)17-12)10(2)8-20-7-6-16-9-20/h6-7,9-10H,4-5,8H2,1-3H3,(H2,15,17). The van der Waals surface area contributed by atoms with Gasteiger partial charge in [0.15, 0.2) is 5.65 Å². The zero-order chi connectivity index (χ0) is 15.0. The molecule has 21 heavy (non-hydrogen) atoms. The summed E-state index contributed by atoms with van der Waals surface area (Å²) >= 11 is 0. The summed E-state index contributed by atoms with van der Waals surface area (Å²) < 4.78 is 5.98. The molecule has 0 saturated heterocycles. The van der Waals surface area contributed by atoms with Crippen LogP contribution in [0.25, 0.3) is 11.2 Å². The van der Waals surface area contributed by atoms with Gasteiger partial charge in [-0.2, -0.15) is 5.10 Å². The Morgan fingerprint density at radius 2 is 2.19 bits per heavy atom. The van der Waals surface area contributed by atoms with Crippen LogP contribution >= 0.6 is 0 Å². The largest absolute Gasteiger partial charge is 0.369 e. The summed E-state index contributed by atoms with van der Waals surface area (Å²) in [6, 6.07) is 0.175. The maximum Gasteiger partial charge on any atom is 0.202 e. The monoisotopic (exact) mass is 287 g/mol. The molecule has 0 aliphatic heterocycles. The van der Waals surface area contributed by atoms with Gasteiger partial charge in [-0.05, 0) is 13.3 Å². The zero-order valence-electron chi connectivity index (χ0n) is 12.7. The number of fused-ring (bicyclic) bond motifs is 1. The SMILES string of the molecule is CCCc1nn(C)c2c1nc(N)n2C(C)Cn1ccnc1. The van der Waals surface area contributed by atoms with Gasteiger partial charge in [-0.1, -0.05) is 13.3 Å². The first-order valence-corrected chi connectivity index (χ1v) is 7.26. The lowest BCUT2D eigenvalue weighted by Gasteiger charge is -2.16. The minimum atomic E-state index is 0.175. The van der Waals surface area contributed by atoms with Crippen molar-refractivity contribution >= 4 is 17.1 Å². The van der Waals surface area contributed by atoms with Crippen molar-refractivity contribution in [3.8, 4) is 0 Å². The molecule has 3 rings (SSSR count). The van der Waals surface area contributed by atoms with Gasteiger partial charge in [-0.25, -0.2) is 9.97 Å². The molecule has 112 valence electrons. The average molecular weight is 287 g/mol. The molecular formula is C14H21N7. The third-order valence-electron chi connectivity index (χ3n) is 3.73. The molecule has 0 saturated carbocycles. The van der Waals surface area contributed by atoms with E-state index in [1.54, 1.807) is 6.20 Å². The summed E-state index contributed by atoms with van der Waals surface area (Å²) in [7, 11) is 1.95. The normalized spacial score (nSPS) is 13.1. The van der Waals surface area contributed by atoms with Crippen molar-refractivity contribution < 1.29 is 0 Å². The van der Waals surface area contributed by atoms with Crippen LogP contribution in [-0.2, 0) is 20.0 Å². The van der Waals surface area contributed by atoms with Crippen LogP contribution in [-0.4, -0.2) is 28.9 Å². The Morgan fingerprint density at radius 3 is 2.86 bits per heavy atom. The molecule has 3 aromatic rings. The molecule has 0 radical (unpaired) electrons. The van der Waals surface area contributed by atoms with E-state index in [9.17, 15) is 0 Å². The van der Waals surface area contributed by atoms with Crippen LogP contribution in [0.15, 0.2) is 18.7 Å². The van der Waals surface area contributed by atoms with Crippen molar-refractivity contribution in [3.05, 3.63) is 24.4 Å². The van der Waals surface area contributed by atoms with E-state index < -0.39 is 0 Å². The van der Waals surface area contributed by atoms with E-state index in [0.717, 1.165) is 36.2 Å². The number of hydrogen-bond acceptors (Lipinski definition) is 4. The van der Waals surface area contributed by atoms with Crippen LogP contribution in [0.3, 0.4) is 0 Å². The number of aryl methyl sites for hydroxylation is 2. The van der Waals surface area contributed by atoms with E-state index >= 15 is 0 Å². The maximum atomic E-state index is 6.15. The lowest BCUT2D eigenvalue weighted by molar-refractivity contribution is 0.472. The van der Waals surface area contributed by atoms with Crippen molar-refractivity contribution in [2.45, 2.75) is 39.3 Å². The zero-order valence-corrected chi connectivity index (χ0v) is 12.7. The second-order valence-electron chi connectivity index (χ2n) is 5.44. The van der Waals surface area contributed by atoms with Gasteiger partial charge in [-0.3, -0.25) is 9.25 Å². The Hall–Kier alpha value is -2.31. The second kappa shape index (κ2) is 5.23. The fourth-order valence-electron chi connectivity index (χ4n) is 2.84. The van der Waals surface area contributed by atoms with Gasteiger partial charge in [0.05, 0.1) is 18.1 Å². The van der Waals surface area contributed by atoms with E-state index in [-0.39, 0.29) is 6.04 Å². The Kier molecular flexibility index (Phi) is 3.40. The predicted molar refractivity (Wildman–Crippen MR) is 81.8 cm³/mol. The number of rotatable bonds is 5. The van der Waals surface area contributed by atoms with E-state index in [2.05, 4.69) is 33.5 Å². The Balaban J connectivity index is 2.03. The van der Waals surface area contributed by atoms with Gasteiger partial charge < -0.3 is 10.3 Å². The maximum absolute atomic E-state index is 6.15. The third kappa shape index (κ3) is 2.28. The van der Waals surface area contributed by atoms with Gasteiger partial charge in [0.25, 0.3) is 0 Å².